The number of unbranched alkanes of at least 4 members (excludes halogenated alkanes) is 5. The molecule has 4 N–H and O–H groups in total. The Morgan fingerprint density at radius 3 is 2.68 bits per heavy atom. The summed E-state index contributed by atoms with van der Waals surface area (Å²) >= 11 is 0. The van der Waals surface area contributed by atoms with Crippen molar-refractivity contribution in [3.8, 4) is 0 Å². The van der Waals surface area contributed by atoms with Gasteiger partial charge in [0.2, 0.25) is 0 Å². The molecular weight excluding hydrogens is 280 g/mol. The molecule has 1 aromatic heterocycles. The topological polar surface area (TPSA) is 105 Å². The molecule has 0 saturated carbocycles. The van der Waals surface area contributed by atoms with Gasteiger partial charge in [-0.05, 0) is 24.5 Å². The first-order valence-electron chi connectivity index (χ1n) is 7.97. The van der Waals surface area contributed by atoms with Gasteiger partial charge in [0.15, 0.2) is 0 Å². The molecule has 0 unspecified atom stereocenters. The molecule has 6 heteroatoms. The molecule has 0 atom stereocenters. The predicted molar refractivity (Wildman–Crippen MR) is 85.8 cm³/mol. The number of aryl methyl sites for hydroxylation is 1. The molecule has 120 valence electrons. The van der Waals surface area contributed by atoms with E-state index in [1.54, 1.807) is 0 Å². The second-order valence-electron chi connectivity index (χ2n) is 5.62. The molecule has 0 aliphatic rings. The van der Waals surface area contributed by atoms with Gasteiger partial charge in [-0.15, -0.1) is 5.10 Å². The number of aromatic amines is 1. The summed E-state index contributed by atoms with van der Waals surface area (Å²) in [4.78, 5) is 11.6. The normalized spacial score (nSPS) is 11.2. The van der Waals surface area contributed by atoms with Crippen LogP contribution in [0.15, 0.2) is 6.07 Å². The molecular formula is C16H24N4O2. The minimum absolute atomic E-state index is 0.148. The Morgan fingerprint density at radius 2 is 2.00 bits per heavy atom. The first kappa shape index (κ1) is 16.4. The quantitative estimate of drug-likeness (QED) is 0.618. The SMILES string of the molecule is CCCCCCCCc1cc2[nH]nnc2c(CN)c1C(=O)O. The Hall–Kier alpha value is -1.95. The zero-order valence-corrected chi connectivity index (χ0v) is 13.1. The number of carbonyl (C=O) groups is 1. The summed E-state index contributed by atoms with van der Waals surface area (Å²) in [7, 11) is 0. The van der Waals surface area contributed by atoms with E-state index in [0.717, 1.165) is 30.3 Å². The molecule has 2 rings (SSSR count). The molecule has 0 aliphatic heterocycles. The molecule has 1 aromatic carbocycles. The minimum Gasteiger partial charge on any atom is -0.478 e. The van der Waals surface area contributed by atoms with E-state index >= 15 is 0 Å². The van der Waals surface area contributed by atoms with Crippen LogP contribution in [0.5, 0.6) is 0 Å². The van der Waals surface area contributed by atoms with Crippen LogP contribution in [0.4, 0.5) is 0 Å². The first-order valence-corrected chi connectivity index (χ1v) is 7.97. The van der Waals surface area contributed by atoms with Crippen molar-refractivity contribution in [2.24, 2.45) is 5.73 Å². The highest BCUT2D eigenvalue weighted by atomic mass is 16.4. The van der Waals surface area contributed by atoms with Crippen LogP contribution in [0.25, 0.3) is 11.0 Å². The Morgan fingerprint density at radius 1 is 1.27 bits per heavy atom. The van der Waals surface area contributed by atoms with Gasteiger partial charge in [0.1, 0.15) is 5.52 Å². The fraction of sp³-hybridized carbons (Fsp3) is 0.562. The minimum atomic E-state index is -0.939. The van der Waals surface area contributed by atoms with Crippen LogP contribution in [-0.2, 0) is 13.0 Å². The molecule has 0 saturated heterocycles. The maximum Gasteiger partial charge on any atom is 0.336 e. The summed E-state index contributed by atoms with van der Waals surface area (Å²) in [6.07, 6.45) is 7.80. The van der Waals surface area contributed by atoms with Crippen molar-refractivity contribution in [3.05, 3.63) is 22.8 Å². The third-order valence-electron chi connectivity index (χ3n) is 4.02. The highest BCUT2D eigenvalue weighted by molar-refractivity contribution is 5.97. The van der Waals surface area contributed by atoms with Crippen LogP contribution in [-0.4, -0.2) is 26.5 Å². The van der Waals surface area contributed by atoms with Gasteiger partial charge in [-0.2, -0.15) is 0 Å². The average Bonchev–Trinajstić information content (AvgIpc) is 2.97. The number of carboxylic acids is 1. The van der Waals surface area contributed by atoms with Gasteiger partial charge >= 0.3 is 5.97 Å². The molecule has 0 radical (unpaired) electrons. The number of nitrogens with one attached hydrogen (secondary N) is 1. The van der Waals surface area contributed by atoms with E-state index in [0.29, 0.717) is 16.6 Å². The van der Waals surface area contributed by atoms with Crippen molar-refractivity contribution in [3.63, 3.8) is 0 Å². The summed E-state index contributed by atoms with van der Waals surface area (Å²) in [5.74, 6) is -0.939. The monoisotopic (exact) mass is 304 g/mol. The van der Waals surface area contributed by atoms with Crippen LogP contribution >= 0.6 is 0 Å². The number of fused-ring (bicyclic) bond motifs is 1. The third-order valence-corrected chi connectivity index (χ3v) is 4.02. The highest BCUT2D eigenvalue weighted by Gasteiger charge is 2.19. The lowest BCUT2D eigenvalue weighted by Crippen LogP contribution is -2.11. The molecule has 2 aromatic rings. The lowest BCUT2D eigenvalue weighted by molar-refractivity contribution is 0.0694. The van der Waals surface area contributed by atoms with E-state index in [4.69, 9.17) is 5.73 Å². The number of hydrogen-bond donors (Lipinski definition) is 3. The number of hydrogen-bond acceptors (Lipinski definition) is 4. The summed E-state index contributed by atoms with van der Waals surface area (Å²) in [5.41, 5.74) is 8.76. The molecule has 0 spiro atoms. The summed E-state index contributed by atoms with van der Waals surface area (Å²) in [6.45, 7) is 2.34. The van der Waals surface area contributed by atoms with Crippen LogP contribution in [0.1, 0.15) is 66.9 Å². The maximum atomic E-state index is 11.6. The van der Waals surface area contributed by atoms with Crippen molar-refractivity contribution < 1.29 is 9.90 Å². The number of benzene rings is 1. The Bertz CT molecular complexity index is 636. The first-order chi connectivity index (χ1) is 10.7. The van der Waals surface area contributed by atoms with Gasteiger partial charge in [0.05, 0.1) is 11.1 Å². The fourth-order valence-corrected chi connectivity index (χ4v) is 2.88. The van der Waals surface area contributed by atoms with E-state index in [1.165, 1.54) is 25.7 Å². The zero-order chi connectivity index (χ0) is 15.9. The van der Waals surface area contributed by atoms with Gasteiger partial charge < -0.3 is 10.8 Å². The van der Waals surface area contributed by atoms with Gasteiger partial charge in [-0.1, -0.05) is 44.2 Å². The Balaban J connectivity index is 2.17. The highest BCUT2D eigenvalue weighted by Crippen LogP contribution is 2.25. The van der Waals surface area contributed by atoms with Crippen LogP contribution < -0.4 is 5.73 Å². The molecule has 6 nitrogen and oxygen atoms in total. The van der Waals surface area contributed by atoms with Crippen molar-refractivity contribution in [2.75, 3.05) is 0 Å². The Labute approximate surface area is 130 Å². The second kappa shape index (κ2) is 7.89. The zero-order valence-electron chi connectivity index (χ0n) is 13.1. The van der Waals surface area contributed by atoms with Crippen molar-refractivity contribution in [2.45, 2.75) is 58.4 Å². The second-order valence-corrected chi connectivity index (χ2v) is 5.62. The average molecular weight is 304 g/mol. The summed E-state index contributed by atoms with van der Waals surface area (Å²) in [5, 5.41) is 20.1. The van der Waals surface area contributed by atoms with Crippen molar-refractivity contribution in [1.82, 2.24) is 15.4 Å². The summed E-state index contributed by atoms with van der Waals surface area (Å²) in [6, 6.07) is 1.85. The molecule has 0 amide bonds. The van der Waals surface area contributed by atoms with Gasteiger partial charge in [-0.3, -0.25) is 5.10 Å². The van der Waals surface area contributed by atoms with E-state index in [2.05, 4.69) is 22.3 Å². The van der Waals surface area contributed by atoms with E-state index < -0.39 is 5.97 Å². The van der Waals surface area contributed by atoms with E-state index in [9.17, 15) is 9.90 Å². The molecule has 0 bridgehead atoms. The number of nitrogens with zero attached hydrogens (tertiary/aromatic N) is 2. The number of aromatic carboxylic acids is 1. The number of H-pyrrole nitrogens is 1. The van der Waals surface area contributed by atoms with Gasteiger partial charge in [-0.25, -0.2) is 4.79 Å². The van der Waals surface area contributed by atoms with E-state index in [1.807, 2.05) is 6.07 Å². The van der Waals surface area contributed by atoms with Crippen LogP contribution in [0.2, 0.25) is 0 Å². The van der Waals surface area contributed by atoms with Crippen LogP contribution in [0.3, 0.4) is 0 Å². The summed E-state index contributed by atoms with van der Waals surface area (Å²) < 4.78 is 0. The molecule has 0 fully saturated rings. The van der Waals surface area contributed by atoms with Gasteiger partial charge in [0.25, 0.3) is 0 Å². The third kappa shape index (κ3) is 3.62. The predicted octanol–water partition coefficient (Wildman–Crippen LogP) is 3.02. The fourth-order valence-electron chi connectivity index (χ4n) is 2.88. The van der Waals surface area contributed by atoms with Crippen molar-refractivity contribution in [1.29, 1.82) is 0 Å². The number of aromatic nitrogens is 3. The maximum absolute atomic E-state index is 11.6. The number of carboxylic acid groups (broad SMARTS) is 1. The lowest BCUT2D eigenvalue weighted by atomic mass is 9.95. The smallest absolute Gasteiger partial charge is 0.336 e. The standard InChI is InChI=1S/C16H24N4O2/c1-2-3-4-5-6-7-8-11-9-13-15(19-20-18-13)12(10-17)14(11)16(21)22/h9H,2-8,10,17H2,1H3,(H,21,22)(H,18,19,20). The lowest BCUT2D eigenvalue weighted by Gasteiger charge is -2.11. The van der Waals surface area contributed by atoms with E-state index in [-0.39, 0.29) is 6.54 Å². The largest absolute Gasteiger partial charge is 0.478 e. The molecule has 1 heterocycles. The molecule has 22 heavy (non-hydrogen) atoms. The number of nitrogens with two attached hydrogens (primary N) is 1. The molecule has 0 aliphatic carbocycles. The van der Waals surface area contributed by atoms with Crippen molar-refractivity contribution >= 4 is 17.0 Å². The van der Waals surface area contributed by atoms with Crippen LogP contribution in [0, 0.1) is 0 Å². The Kier molecular flexibility index (Phi) is 5.89. The number of rotatable bonds is 9. The van der Waals surface area contributed by atoms with Gasteiger partial charge in [0, 0.05) is 12.1 Å².